The number of benzene rings is 2. The molecule has 0 bridgehead atoms. The zero-order valence-corrected chi connectivity index (χ0v) is 20.4. The van der Waals surface area contributed by atoms with E-state index >= 15 is 0 Å². The molecule has 0 saturated heterocycles. The summed E-state index contributed by atoms with van der Waals surface area (Å²) in [5, 5.41) is 0. The standard InChI is InChI=1S/C23H28Cl2N2O2.ClH/c1-6-7-18-8-10-19(11-9-18)21(28)15-23(4,5)27(25)26(24)22(29)20-13-16(2)12-17(3)14-20;/h8-14H,6-7,15H2,1-5H3;1H. The van der Waals surface area contributed by atoms with Gasteiger partial charge in [0.05, 0.1) is 5.54 Å². The number of rotatable bonds is 8. The highest BCUT2D eigenvalue weighted by Gasteiger charge is 2.35. The molecule has 0 aliphatic heterocycles. The van der Waals surface area contributed by atoms with E-state index in [2.05, 4.69) is 6.92 Å². The molecule has 0 fully saturated rings. The largest absolute Gasteiger partial charge is 0.294 e. The molecule has 0 heterocycles. The zero-order chi connectivity index (χ0) is 21.8. The van der Waals surface area contributed by atoms with Crippen molar-refractivity contribution < 1.29 is 9.59 Å². The molecule has 4 nitrogen and oxygen atoms in total. The van der Waals surface area contributed by atoms with Gasteiger partial charge in [-0.3, -0.25) is 9.59 Å². The molecule has 0 aliphatic rings. The number of hydrazine groups is 1. The molecule has 0 spiro atoms. The van der Waals surface area contributed by atoms with Crippen molar-refractivity contribution in [1.29, 1.82) is 0 Å². The van der Waals surface area contributed by atoms with Crippen molar-refractivity contribution in [2.45, 2.75) is 59.4 Å². The number of aryl methyl sites for hydroxylation is 3. The quantitative estimate of drug-likeness (QED) is 0.244. The third-order valence-corrected chi connectivity index (χ3v) is 5.69. The molecule has 2 rings (SSSR count). The summed E-state index contributed by atoms with van der Waals surface area (Å²) < 4.78 is 1.94. The van der Waals surface area contributed by atoms with Crippen LogP contribution in [0.3, 0.4) is 0 Å². The number of Topliss-reactive ketones (excluding diaryl/α,β-unsaturated/α-hetero) is 1. The first-order valence-electron chi connectivity index (χ1n) is 9.71. The fourth-order valence-corrected chi connectivity index (χ4v) is 3.66. The second-order valence-corrected chi connectivity index (χ2v) is 8.70. The smallest absolute Gasteiger partial charge is 0.284 e. The van der Waals surface area contributed by atoms with Crippen molar-refractivity contribution in [3.63, 3.8) is 0 Å². The van der Waals surface area contributed by atoms with Crippen LogP contribution in [0.4, 0.5) is 0 Å². The molecule has 2 aromatic carbocycles. The average molecular weight is 472 g/mol. The minimum absolute atomic E-state index is 0. The first kappa shape index (κ1) is 26.4. The molecule has 2 aromatic rings. The number of ketones is 1. The summed E-state index contributed by atoms with van der Waals surface area (Å²) in [6.45, 7) is 9.49. The summed E-state index contributed by atoms with van der Waals surface area (Å²) in [6, 6.07) is 13.1. The van der Waals surface area contributed by atoms with Crippen LogP contribution in [0.2, 0.25) is 0 Å². The number of hydrogen-bond acceptors (Lipinski definition) is 3. The van der Waals surface area contributed by atoms with Gasteiger partial charge in [-0.15, -0.1) is 16.9 Å². The Balaban J connectivity index is 0.00000450. The minimum atomic E-state index is -0.878. The van der Waals surface area contributed by atoms with Crippen LogP contribution in [0.1, 0.15) is 71.0 Å². The van der Waals surface area contributed by atoms with Gasteiger partial charge in [-0.05, 0) is 51.8 Å². The minimum Gasteiger partial charge on any atom is -0.294 e. The molecule has 0 aromatic heterocycles. The number of hydrogen-bond donors (Lipinski definition) is 0. The van der Waals surface area contributed by atoms with Crippen molar-refractivity contribution >= 4 is 47.7 Å². The zero-order valence-electron chi connectivity index (χ0n) is 18.0. The highest BCUT2D eigenvalue weighted by atomic mass is 35.5. The number of halogens is 3. The lowest BCUT2D eigenvalue weighted by molar-refractivity contribution is 0.0374. The van der Waals surface area contributed by atoms with Gasteiger partial charge in [-0.25, -0.2) is 0 Å². The summed E-state index contributed by atoms with van der Waals surface area (Å²) in [4.78, 5) is 25.5. The van der Waals surface area contributed by atoms with E-state index in [4.69, 9.17) is 23.6 Å². The summed E-state index contributed by atoms with van der Waals surface area (Å²) in [5.74, 6) is -0.509. The van der Waals surface area contributed by atoms with Crippen LogP contribution >= 0.6 is 36.0 Å². The highest BCUT2D eigenvalue weighted by Crippen LogP contribution is 2.28. The van der Waals surface area contributed by atoms with E-state index in [1.54, 1.807) is 26.0 Å². The lowest BCUT2D eigenvalue weighted by Crippen LogP contribution is -2.48. The van der Waals surface area contributed by atoms with E-state index in [1.807, 2.05) is 44.2 Å². The van der Waals surface area contributed by atoms with Crippen LogP contribution in [0, 0.1) is 13.8 Å². The molecule has 0 N–H and O–H groups in total. The molecule has 30 heavy (non-hydrogen) atoms. The van der Waals surface area contributed by atoms with Crippen molar-refractivity contribution in [1.82, 2.24) is 9.06 Å². The van der Waals surface area contributed by atoms with Gasteiger partial charge in [0.25, 0.3) is 5.91 Å². The highest BCUT2D eigenvalue weighted by molar-refractivity contribution is 6.27. The molecule has 0 unspecified atom stereocenters. The van der Waals surface area contributed by atoms with Crippen LogP contribution < -0.4 is 0 Å². The van der Waals surface area contributed by atoms with E-state index in [0.29, 0.717) is 11.1 Å². The first-order valence-corrected chi connectivity index (χ1v) is 10.4. The number of amides is 1. The Morgan fingerprint density at radius 2 is 1.47 bits per heavy atom. The number of carbonyl (C=O) groups excluding carboxylic acids is 2. The van der Waals surface area contributed by atoms with Crippen LogP contribution in [0.15, 0.2) is 42.5 Å². The van der Waals surface area contributed by atoms with Crippen molar-refractivity contribution in [3.8, 4) is 0 Å². The normalized spacial score (nSPS) is 11.2. The van der Waals surface area contributed by atoms with Gasteiger partial charge in [0.2, 0.25) is 0 Å². The Morgan fingerprint density at radius 1 is 0.933 bits per heavy atom. The van der Waals surface area contributed by atoms with Gasteiger partial charge in [0.15, 0.2) is 5.78 Å². The maximum Gasteiger partial charge on any atom is 0.284 e. The molecule has 1 amide bonds. The predicted molar refractivity (Wildman–Crippen MR) is 126 cm³/mol. The monoisotopic (exact) mass is 470 g/mol. The Hall–Kier alpha value is -1.59. The van der Waals surface area contributed by atoms with Crippen LogP contribution in [-0.4, -0.2) is 26.3 Å². The van der Waals surface area contributed by atoms with E-state index in [-0.39, 0.29) is 24.6 Å². The third kappa shape index (κ3) is 6.71. The van der Waals surface area contributed by atoms with Crippen LogP contribution in [0.5, 0.6) is 0 Å². The molecule has 0 atom stereocenters. The van der Waals surface area contributed by atoms with E-state index < -0.39 is 11.4 Å². The molecular formula is C23H29Cl3N2O2. The Labute approximate surface area is 195 Å². The fraction of sp³-hybridized carbons (Fsp3) is 0.391. The lowest BCUT2D eigenvalue weighted by atomic mass is 9.94. The van der Waals surface area contributed by atoms with Gasteiger partial charge in [0, 0.05) is 41.1 Å². The Bertz CT molecular complexity index is 862. The van der Waals surface area contributed by atoms with E-state index in [9.17, 15) is 9.59 Å². The van der Waals surface area contributed by atoms with Gasteiger partial charge in [-0.2, -0.15) is 4.53 Å². The summed E-state index contributed by atoms with van der Waals surface area (Å²) in [5.41, 5.74) is 3.30. The first-order chi connectivity index (χ1) is 13.5. The van der Waals surface area contributed by atoms with Gasteiger partial charge < -0.3 is 0 Å². The molecular weight excluding hydrogens is 443 g/mol. The van der Waals surface area contributed by atoms with E-state index in [0.717, 1.165) is 33.0 Å². The van der Waals surface area contributed by atoms with Crippen LogP contribution in [-0.2, 0) is 6.42 Å². The summed E-state index contributed by atoms with van der Waals surface area (Å²) in [6.07, 6.45) is 2.14. The molecule has 0 saturated carbocycles. The Morgan fingerprint density at radius 3 is 1.97 bits per heavy atom. The van der Waals surface area contributed by atoms with Crippen molar-refractivity contribution in [2.75, 3.05) is 0 Å². The maximum absolute atomic E-state index is 12.8. The number of nitrogens with zero attached hydrogens (tertiary/aromatic N) is 2. The van der Waals surface area contributed by atoms with Crippen LogP contribution in [0.25, 0.3) is 0 Å². The van der Waals surface area contributed by atoms with Crippen molar-refractivity contribution in [3.05, 3.63) is 70.3 Å². The second kappa shape index (κ2) is 11.1. The topological polar surface area (TPSA) is 40.6 Å². The summed E-state index contributed by atoms with van der Waals surface area (Å²) >= 11 is 12.7. The van der Waals surface area contributed by atoms with Gasteiger partial charge in [0.1, 0.15) is 0 Å². The SMILES string of the molecule is CCCc1ccc(C(=O)CC(C)(C)N(Cl)N(Cl)C(=O)c2cc(C)cc(C)c2)cc1.Cl. The van der Waals surface area contributed by atoms with E-state index in [1.165, 1.54) is 5.56 Å². The molecule has 164 valence electrons. The van der Waals surface area contributed by atoms with Crippen molar-refractivity contribution in [2.24, 2.45) is 0 Å². The number of carbonyl (C=O) groups is 2. The molecule has 0 radical (unpaired) electrons. The lowest BCUT2D eigenvalue weighted by Gasteiger charge is -2.36. The van der Waals surface area contributed by atoms with Gasteiger partial charge in [-0.1, -0.05) is 54.8 Å². The fourth-order valence-electron chi connectivity index (χ4n) is 3.23. The average Bonchev–Trinajstić information content (AvgIpc) is 2.65. The predicted octanol–water partition coefficient (Wildman–Crippen LogP) is 6.70. The third-order valence-electron chi connectivity index (χ3n) is 4.70. The Kier molecular flexibility index (Phi) is 9.83. The molecule has 0 aliphatic carbocycles. The maximum atomic E-state index is 12.8. The van der Waals surface area contributed by atoms with Gasteiger partial charge >= 0.3 is 0 Å². The second-order valence-electron chi connectivity index (χ2n) is 8.06. The summed E-state index contributed by atoms with van der Waals surface area (Å²) in [7, 11) is 0. The molecule has 7 heteroatoms.